The zero-order valence-electron chi connectivity index (χ0n) is 19.9. The molecular formula is C21H42N6O3. The Balaban J connectivity index is 2.56. The zero-order chi connectivity index (χ0) is 22.8. The van der Waals surface area contributed by atoms with E-state index < -0.39 is 17.2 Å². The number of carbonyl (C=O) groups excluding carboxylic acids is 2. The number of hydrogen-bond acceptors (Lipinski definition) is 5. The van der Waals surface area contributed by atoms with Gasteiger partial charge in [0.05, 0.1) is 12.1 Å². The fourth-order valence-corrected chi connectivity index (χ4v) is 3.40. The third kappa shape index (κ3) is 9.19. The Morgan fingerprint density at radius 3 is 2.20 bits per heavy atom. The first-order valence-corrected chi connectivity index (χ1v) is 11.0. The Labute approximate surface area is 181 Å². The van der Waals surface area contributed by atoms with Gasteiger partial charge in [0.2, 0.25) is 5.91 Å². The van der Waals surface area contributed by atoms with Gasteiger partial charge in [-0.2, -0.15) is 0 Å². The third-order valence-corrected chi connectivity index (χ3v) is 5.51. The van der Waals surface area contributed by atoms with Crippen LogP contribution < -0.4 is 21.3 Å². The summed E-state index contributed by atoms with van der Waals surface area (Å²) in [6.45, 7) is 12.4. The van der Waals surface area contributed by atoms with E-state index >= 15 is 0 Å². The van der Waals surface area contributed by atoms with Crippen molar-refractivity contribution in [2.75, 3.05) is 40.3 Å². The molecule has 1 fully saturated rings. The van der Waals surface area contributed by atoms with E-state index in [1.807, 2.05) is 20.8 Å². The van der Waals surface area contributed by atoms with Gasteiger partial charge in [0.25, 0.3) is 0 Å². The smallest absolute Gasteiger partial charge is 0.408 e. The molecule has 1 heterocycles. The van der Waals surface area contributed by atoms with Crippen molar-refractivity contribution in [3.63, 3.8) is 0 Å². The molecule has 0 aliphatic carbocycles. The Hall–Kier alpha value is -2.03. The highest BCUT2D eigenvalue weighted by atomic mass is 16.6. The number of rotatable bonds is 8. The molecule has 1 aliphatic rings. The minimum absolute atomic E-state index is 0.0480. The number of piperidine rings is 1. The summed E-state index contributed by atoms with van der Waals surface area (Å²) in [5, 5.41) is 12.6. The van der Waals surface area contributed by atoms with Gasteiger partial charge in [-0.1, -0.05) is 13.8 Å². The molecule has 1 saturated heterocycles. The van der Waals surface area contributed by atoms with Gasteiger partial charge in [0, 0.05) is 39.8 Å². The molecule has 0 unspecified atom stereocenters. The van der Waals surface area contributed by atoms with Crippen LogP contribution in [-0.2, 0) is 9.53 Å². The molecule has 0 aromatic rings. The second-order valence-electron chi connectivity index (χ2n) is 8.91. The van der Waals surface area contributed by atoms with Crippen LogP contribution in [0.2, 0.25) is 0 Å². The number of hydrogen-bond donors (Lipinski definition) is 4. The zero-order valence-corrected chi connectivity index (χ0v) is 19.9. The van der Waals surface area contributed by atoms with Gasteiger partial charge < -0.3 is 26.0 Å². The molecule has 30 heavy (non-hydrogen) atoms. The van der Waals surface area contributed by atoms with Gasteiger partial charge in [0.1, 0.15) is 5.60 Å². The second-order valence-corrected chi connectivity index (χ2v) is 8.91. The summed E-state index contributed by atoms with van der Waals surface area (Å²) in [6.07, 6.45) is 3.02. The minimum Gasteiger partial charge on any atom is -0.444 e. The quantitative estimate of drug-likeness (QED) is 0.346. The summed E-state index contributed by atoms with van der Waals surface area (Å²) in [5.41, 5.74) is -0.953. The van der Waals surface area contributed by atoms with Crippen LogP contribution in [0.3, 0.4) is 0 Å². The van der Waals surface area contributed by atoms with Crippen molar-refractivity contribution >= 4 is 18.0 Å². The van der Waals surface area contributed by atoms with Crippen molar-refractivity contribution in [1.29, 1.82) is 0 Å². The molecule has 0 saturated carbocycles. The molecule has 1 aliphatic heterocycles. The van der Waals surface area contributed by atoms with Crippen molar-refractivity contribution in [1.82, 2.24) is 26.2 Å². The maximum absolute atomic E-state index is 12.3. The lowest BCUT2D eigenvalue weighted by Crippen LogP contribution is -2.58. The Morgan fingerprint density at radius 1 is 1.13 bits per heavy atom. The van der Waals surface area contributed by atoms with Crippen molar-refractivity contribution in [2.45, 2.75) is 77.5 Å². The lowest BCUT2D eigenvalue weighted by atomic mass is 9.93. The maximum atomic E-state index is 12.3. The fraction of sp³-hybridized carbons (Fsp3) is 0.857. The van der Waals surface area contributed by atoms with Crippen LogP contribution in [0.4, 0.5) is 4.79 Å². The Morgan fingerprint density at radius 2 is 1.73 bits per heavy atom. The molecule has 4 N–H and O–H groups in total. The largest absolute Gasteiger partial charge is 0.444 e. The lowest BCUT2D eigenvalue weighted by Gasteiger charge is -2.36. The molecule has 0 aromatic carbocycles. The molecule has 0 spiro atoms. The van der Waals surface area contributed by atoms with Crippen LogP contribution in [0.5, 0.6) is 0 Å². The SMILES string of the molecule is CCC(CC)(CNC(=NC)NC1CCN(CC(=O)NC)CC1)NC(=O)OC(C)(C)C. The number of likely N-dealkylation sites (tertiary alicyclic amines) is 1. The number of nitrogens with zero attached hydrogens (tertiary/aromatic N) is 2. The van der Waals surface area contributed by atoms with Crippen molar-refractivity contribution in [2.24, 2.45) is 4.99 Å². The predicted octanol–water partition coefficient (Wildman–Crippen LogP) is 1.45. The molecule has 0 aromatic heterocycles. The third-order valence-electron chi connectivity index (χ3n) is 5.51. The molecule has 2 amide bonds. The van der Waals surface area contributed by atoms with Crippen molar-refractivity contribution < 1.29 is 14.3 Å². The van der Waals surface area contributed by atoms with Gasteiger partial charge in [-0.3, -0.25) is 14.7 Å². The molecular weight excluding hydrogens is 384 g/mol. The first kappa shape index (κ1) is 26.0. The summed E-state index contributed by atoms with van der Waals surface area (Å²) in [6, 6.07) is 0.300. The average molecular weight is 427 g/mol. The summed E-state index contributed by atoms with van der Waals surface area (Å²) >= 11 is 0. The number of likely N-dealkylation sites (N-methyl/N-ethyl adjacent to an activating group) is 1. The van der Waals surface area contributed by atoms with Gasteiger partial charge >= 0.3 is 6.09 Å². The van der Waals surface area contributed by atoms with E-state index in [-0.39, 0.29) is 5.91 Å². The van der Waals surface area contributed by atoms with E-state index in [1.165, 1.54) is 0 Å². The number of carbonyl (C=O) groups is 2. The van der Waals surface area contributed by atoms with Crippen LogP contribution >= 0.6 is 0 Å². The Kier molecular flexibility index (Phi) is 10.4. The van der Waals surface area contributed by atoms with Crippen LogP contribution in [0.25, 0.3) is 0 Å². The molecule has 174 valence electrons. The summed E-state index contributed by atoms with van der Waals surface area (Å²) < 4.78 is 5.44. The standard InChI is InChI=1S/C21H42N6O3/c1-8-21(9-2,26-19(29)30-20(3,4)5)15-24-18(23-7)25-16-10-12-27(13-11-16)14-17(28)22-6/h16H,8-15H2,1-7H3,(H,22,28)(H,26,29)(H2,23,24,25). The molecule has 1 rings (SSSR count). The van der Waals surface area contributed by atoms with E-state index in [0.717, 1.165) is 44.7 Å². The van der Waals surface area contributed by atoms with E-state index in [0.29, 0.717) is 19.1 Å². The molecule has 0 bridgehead atoms. The number of amides is 2. The number of ether oxygens (including phenoxy) is 1. The summed E-state index contributed by atoms with van der Waals surface area (Å²) in [7, 11) is 3.41. The van der Waals surface area contributed by atoms with Crippen LogP contribution in [-0.4, -0.2) is 80.3 Å². The topological polar surface area (TPSA) is 107 Å². The lowest BCUT2D eigenvalue weighted by molar-refractivity contribution is -0.122. The van der Waals surface area contributed by atoms with E-state index in [2.05, 4.69) is 45.0 Å². The predicted molar refractivity (Wildman–Crippen MR) is 121 cm³/mol. The van der Waals surface area contributed by atoms with E-state index in [1.54, 1.807) is 14.1 Å². The van der Waals surface area contributed by atoms with Gasteiger partial charge in [-0.05, 0) is 46.5 Å². The highest BCUT2D eigenvalue weighted by molar-refractivity contribution is 5.80. The molecule has 0 radical (unpaired) electrons. The number of guanidine groups is 1. The Bertz CT molecular complexity index is 576. The monoisotopic (exact) mass is 426 g/mol. The molecule has 0 atom stereocenters. The van der Waals surface area contributed by atoms with E-state index in [4.69, 9.17) is 4.74 Å². The average Bonchev–Trinajstić information content (AvgIpc) is 2.69. The summed E-state index contributed by atoms with van der Waals surface area (Å²) in [4.78, 5) is 30.4. The molecule has 9 heteroatoms. The van der Waals surface area contributed by atoms with Gasteiger partial charge in [-0.25, -0.2) is 4.79 Å². The van der Waals surface area contributed by atoms with E-state index in [9.17, 15) is 9.59 Å². The van der Waals surface area contributed by atoms with Crippen molar-refractivity contribution in [3.8, 4) is 0 Å². The highest BCUT2D eigenvalue weighted by Crippen LogP contribution is 2.16. The second kappa shape index (κ2) is 12.0. The number of aliphatic imine (C=N–C) groups is 1. The van der Waals surface area contributed by atoms with Crippen molar-refractivity contribution in [3.05, 3.63) is 0 Å². The first-order valence-electron chi connectivity index (χ1n) is 11.0. The highest BCUT2D eigenvalue weighted by Gasteiger charge is 2.31. The number of nitrogens with one attached hydrogen (secondary N) is 4. The van der Waals surface area contributed by atoms with Crippen LogP contribution in [0.1, 0.15) is 60.3 Å². The normalized spacial score (nSPS) is 16.7. The fourth-order valence-electron chi connectivity index (χ4n) is 3.40. The maximum Gasteiger partial charge on any atom is 0.408 e. The molecule has 9 nitrogen and oxygen atoms in total. The first-order chi connectivity index (χ1) is 14.1. The van der Waals surface area contributed by atoms with Crippen LogP contribution in [0, 0.1) is 0 Å². The number of alkyl carbamates (subject to hydrolysis) is 1. The van der Waals surface area contributed by atoms with Crippen LogP contribution in [0.15, 0.2) is 4.99 Å². The van der Waals surface area contributed by atoms with Gasteiger partial charge in [0.15, 0.2) is 5.96 Å². The minimum atomic E-state index is -0.533. The summed E-state index contributed by atoms with van der Waals surface area (Å²) in [5.74, 6) is 0.767. The van der Waals surface area contributed by atoms with Gasteiger partial charge in [-0.15, -0.1) is 0 Å².